The van der Waals surface area contributed by atoms with Crippen LogP contribution in [0.1, 0.15) is 37.3 Å². The van der Waals surface area contributed by atoms with Crippen LogP contribution >= 0.6 is 0 Å². The van der Waals surface area contributed by atoms with Crippen LogP contribution in [-0.2, 0) is 9.63 Å². The minimum Gasteiger partial charge on any atom is -0.493 e. The van der Waals surface area contributed by atoms with Gasteiger partial charge in [-0.05, 0) is 55.2 Å². The summed E-state index contributed by atoms with van der Waals surface area (Å²) in [6.45, 7) is 2.83. The lowest BCUT2D eigenvalue weighted by Gasteiger charge is -2.23. The number of rotatable bonds is 10. The SMILES string of the molecule is CCCOc1cc(C2=NN(C(=O)CO/N=C/c3ccc([N+](=O)[O-])cc3)CCC2)ccc1OC. The summed E-state index contributed by atoms with van der Waals surface area (Å²) >= 11 is 0. The standard InChI is InChI=1S/C23H26N4O6/c1-3-13-32-22-14-18(8-11-21(22)31-2)20-5-4-12-26(25-20)23(28)16-33-24-15-17-6-9-19(10-7-17)27(29)30/h6-11,14-15H,3-5,12-13,16H2,1-2H3/b24-15+. The molecule has 0 aromatic heterocycles. The largest absolute Gasteiger partial charge is 0.493 e. The van der Waals surface area contributed by atoms with E-state index in [1.165, 1.54) is 23.4 Å². The molecule has 1 heterocycles. The van der Waals surface area contributed by atoms with Crippen LogP contribution in [0.25, 0.3) is 0 Å². The second-order valence-electron chi connectivity index (χ2n) is 7.24. The van der Waals surface area contributed by atoms with Crippen molar-refractivity contribution in [3.8, 4) is 11.5 Å². The van der Waals surface area contributed by atoms with E-state index in [-0.39, 0.29) is 18.2 Å². The predicted octanol–water partition coefficient (Wildman–Crippen LogP) is 3.77. The van der Waals surface area contributed by atoms with E-state index in [9.17, 15) is 14.9 Å². The average Bonchev–Trinajstić information content (AvgIpc) is 2.85. The summed E-state index contributed by atoms with van der Waals surface area (Å²) in [7, 11) is 1.59. The van der Waals surface area contributed by atoms with Gasteiger partial charge in [0.25, 0.3) is 11.6 Å². The van der Waals surface area contributed by atoms with Crippen molar-refractivity contribution >= 4 is 23.5 Å². The van der Waals surface area contributed by atoms with Crippen molar-refractivity contribution in [2.24, 2.45) is 10.3 Å². The van der Waals surface area contributed by atoms with Gasteiger partial charge < -0.3 is 14.3 Å². The van der Waals surface area contributed by atoms with Crippen molar-refractivity contribution in [3.05, 3.63) is 63.7 Å². The number of nitrogens with zero attached hydrogens (tertiary/aromatic N) is 4. The zero-order valence-electron chi connectivity index (χ0n) is 18.6. The molecule has 0 saturated carbocycles. The normalized spacial score (nSPS) is 13.5. The molecule has 2 aromatic carbocycles. The molecule has 33 heavy (non-hydrogen) atoms. The number of carbonyl (C=O) groups is 1. The Morgan fingerprint density at radius 2 is 2.03 bits per heavy atom. The molecule has 0 bridgehead atoms. The second kappa shape index (κ2) is 11.6. The summed E-state index contributed by atoms with van der Waals surface area (Å²) < 4.78 is 11.1. The quantitative estimate of drug-likeness (QED) is 0.307. The number of hydrazone groups is 1. The Kier molecular flexibility index (Phi) is 8.34. The number of hydrogen-bond acceptors (Lipinski definition) is 8. The fourth-order valence-electron chi connectivity index (χ4n) is 3.15. The van der Waals surface area contributed by atoms with Crippen LogP contribution in [0.5, 0.6) is 11.5 Å². The van der Waals surface area contributed by atoms with Crippen LogP contribution in [0.4, 0.5) is 5.69 Å². The topological polar surface area (TPSA) is 116 Å². The summed E-state index contributed by atoms with van der Waals surface area (Å²) in [5.41, 5.74) is 2.26. The maximum absolute atomic E-state index is 12.5. The molecule has 10 heteroatoms. The lowest BCUT2D eigenvalue weighted by Crippen LogP contribution is -2.34. The first-order valence-electron chi connectivity index (χ1n) is 10.6. The smallest absolute Gasteiger partial charge is 0.283 e. The van der Waals surface area contributed by atoms with E-state index in [2.05, 4.69) is 10.3 Å². The Bertz CT molecular complexity index is 1040. The van der Waals surface area contributed by atoms with Crippen LogP contribution in [0.15, 0.2) is 52.7 Å². The van der Waals surface area contributed by atoms with Crippen molar-refractivity contribution in [3.63, 3.8) is 0 Å². The number of ether oxygens (including phenoxy) is 2. The van der Waals surface area contributed by atoms with Crippen LogP contribution in [-0.4, -0.2) is 54.6 Å². The van der Waals surface area contributed by atoms with Crippen molar-refractivity contribution in [1.29, 1.82) is 0 Å². The maximum Gasteiger partial charge on any atom is 0.283 e. The lowest BCUT2D eigenvalue weighted by atomic mass is 10.0. The van der Waals surface area contributed by atoms with E-state index < -0.39 is 4.92 Å². The first-order valence-corrected chi connectivity index (χ1v) is 10.6. The first kappa shape index (κ1) is 23.7. The number of hydrogen-bond donors (Lipinski definition) is 0. The third-order valence-electron chi connectivity index (χ3n) is 4.84. The summed E-state index contributed by atoms with van der Waals surface area (Å²) in [6.07, 6.45) is 3.77. The molecule has 174 valence electrons. The van der Waals surface area contributed by atoms with Crippen LogP contribution in [0.2, 0.25) is 0 Å². The first-order chi connectivity index (χ1) is 16.0. The number of methoxy groups -OCH3 is 1. The minimum absolute atomic E-state index is 0.0112. The molecular weight excluding hydrogens is 428 g/mol. The molecule has 0 radical (unpaired) electrons. The van der Waals surface area contributed by atoms with Crippen LogP contribution < -0.4 is 9.47 Å². The molecule has 0 aliphatic carbocycles. The van der Waals surface area contributed by atoms with Gasteiger partial charge in [-0.25, -0.2) is 5.01 Å². The van der Waals surface area contributed by atoms with E-state index in [0.717, 1.165) is 30.5 Å². The molecule has 3 rings (SSSR count). The molecule has 10 nitrogen and oxygen atoms in total. The van der Waals surface area contributed by atoms with Gasteiger partial charge in [-0.1, -0.05) is 12.1 Å². The summed E-state index contributed by atoms with van der Waals surface area (Å²) in [5.74, 6) is 0.978. The van der Waals surface area contributed by atoms with Gasteiger partial charge in [0, 0.05) is 24.2 Å². The Balaban J connectivity index is 1.60. The molecule has 0 atom stereocenters. The van der Waals surface area contributed by atoms with Gasteiger partial charge in [0.05, 0.1) is 30.6 Å². The van der Waals surface area contributed by atoms with Crippen LogP contribution in [0, 0.1) is 10.1 Å². The van der Waals surface area contributed by atoms with Gasteiger partial charge in [-0.2, -0.15) is 5.10 Å². The molecule has 0 fully saturated rings. The monoisotopic (exact) mass is 454 g/mol. The molecule has 1 aliphatic heterocycles. The lowest BCUT2D eigenvalue weighted by molar-refractivity contribution is -0.384. The Morgan fingerprint density at radius 3 is 2.73 bits per heavy atom. The Labute approximate surface area is 191 Å². The van der Waals surface area contributed by atoms with Gasteiger partial charge in [0.1, 0.15) is 0 Å². The molecule has 1 aliphatic rings. The van der Waals surface area contributed by atoms with E-state index in [4.69, 9.17) is 14.3 Å². The fourth-order valence-corrected chi connectivity index (χ4v) is 3.15. The molecule has 0 saturated heterocycles. The van der Waals surface area contributed by atoms with Gasteiger partial charge in [0.2, 0.25) is 0 Å². The number of nitro benzene ring substituents is 1. The zero-order chi connectivity index (χ0) is 23.6. The van der Waals surface area contributed by atoms with Gasteiger partial charge in [-0.3, -0.25) is 14.9 Å². The molecule has 0 N–H and O–H groups in total. The molecule has 2 aromatic rings. The Hall–Kier alpha value is -3.95. The summed E-state index contributed by atoms with van der Waals surface area (Å²) in [4.78, 5) is 27.8. The van der Waals surface area contributed by atoms with E-state index in [1.54, 1.807) is 19.2 Å². The number of oxime groups is 1. The minimum atomic E-state index is -0.478. The van der Waals surface area contributed by atoms with Crippen molar-refractivity contribution in [2.75, 3.05) is 26.9 Å². The highest BCUT2D eigenvalue weighted by Crippen LogP contribution is 2.29. The fraction of sp³-hybridized carbons (Fsp3) is 0.348. The zero-order valence-corrected chi connectivity index (χ0v) is 18.6. The average molecular weight is 454 g/mol. The van der Waals surface area contributed by atoms with Crippen LogP contribution in [0.3, 0.4) is 0 Å². The van der Waals surface area contributed by atoms with Crippen molar-refractivity contribution < 1.29 is 24.0 Å². The highest BCUT2D eigenvalue weighted by Gasteiger charge is 2.20. The van der Waals surface area contributed by atoms with Crippen molar-refractivity contribution in [1.82, 2.24) is 5.01 Å². The molecular formula is C23H26N4O6. The third kappa shape index (κ3) is 6.52. The third-order valence-corrected chi connectivity index (χ3v) is 4.84. The highest BCUT2D eigenvalue weighted by molar-refractivity contribution is 6.02. The number of amides is 1. The molecule has 0 spiro atoms. The van der Waals surface area contributed by atoms with E-state index in [1.807, 2.05) is 25.1 Å². The van der Waals surface area contributed by atoms with E-state index in [0.29, 0.717) is 30.2 Å². The van der Waals surface area contributed by atoms with Gasteiger partial charge >= 0.3 is 0 Å². The van der Waals surface area contributed by atoms with Crippen molar-refractivity contribution in [2.45, 2.75) is 26.2 Å². The summed E-state index contributed by atoms with van der Waals surface area (Å²) in [5, 5.41) is 20.3. The highest BCUT2D eigenvalue weighted by atomic mass is 16.6. The number of nitro groups is 1. The maximum atomic E-state index is 12.5. The Morgan fingerprint density at radius 1 is 1.24 bits per heavy atom. The predicted molar refractivity (Wildman–Crippen MR) is 123 cm³/mol. The molecule has 1 amide bonds. The number of carbonyl (C=O) groups excluding carboxylic acids is 1. The number of benzene rings is 2. The molecule has 0 unspecified atom stereocenters. The van der Waals surface area contributed by atoms with E-state index >= 15 is 0 Å². The second-order valence-corrected chi connectivity index (χ2v) is 7.24. The summed E-state index contributed by atoms with van der Waals surface area (Å²) in [6, 6.07) is 11.4. The number of non-ortho nitro benzene ring substituents is 1. The van der Waals surface area contributed by atoms with Gasteiger partial charge in [-0.15, -0.1) is 0 Å². The van der Waals surface area contributed by atoms with Gasteiger partial charge in [0.15, 0.2) is 18.1 Å².